The summed E-state index contributed by atoms with van der Waals surface area (Å²) >= 11 is 0. The van der Waals surface area contributed by atoms with E-state index in [1.54, 1.807) is 6.20 Å². The molecule has 1 heterocycles. The number of benzene rings is 2. The van der Waals surface area contributed by atoms with Gasteiger partial charge < -0.3 is 15.0 Å². The lowest BCUT2D eigenvalue weighted by Gasteiger charge is -2.32. The number of hydrogen-bond acceptors (Lipinski definition) is 4. The maximum atomic E-state index is 12.5. The summed E-state index contributed by atoms with van der Waals surface area (Å²) in [6.45, 7) is 7.12. The standard InChI is InChI=1S/C25H28N2O4/c1-16(2)20-11-7-8-17(3)25(20)26-23(29)15-31-24(30)14-22-21-10-6-5-9-19(21)12-13-27(22)18(4)28/h5-13,16,22H,14-15H2,1-4H3,(H,26,29)/t22-/m1/s1. The Kier molecular flexibility index (Phi) is 6.90. The Hall–Kier alpha value is -3.41. The zero-order chi connectivity index (χ0) is 22.5. The molecule has 2 aromatic carbocycles. The molecule has 0 saturated heterocycles. The van der Waals surface area contributed by atoms with Gasteiger partial charge in [-0.3, -0.25) is 14.4 Å². The third-order valence-electron chi connectivity index (χ3n) is 5.38. The van der Waals surface area contributed by atoms with E-state index in [1.165, 1.54) is 11.8 Å². The summed E-state index contributed by atoms with van der Waals surface area (Å²) in [5, 5.41) is 2.87. The molecule has 1 N–H and O–H groups in total. The number of amides is 2. The number of rotatable bonds is 6. The molecular weight excluding hydrogens is 392 g/mol. The number of ether oxygens (including phenoxy) is 1. The van der Waals surface area contributed by atoms with E-state index in [9.17, 15) is 14.4 Å². The summed E-state index contributed by atoms with van der Waals surface area (Å²) in [6, 6.07) is 13.0. The molecule has 0 unspecified atom stereocenters. The SMILES string of the molecule is CC(=O)N1C=Cc2ccccc2[C@H]1CC(=O)OCC(=O)Nc1c(C)cccc1C(C)C. The highest BCUT2D eigenvalue weighted by atomic mass is 16.5. The minimum absolute atomic E-state index is 0.0319. The normalized spacial score (nSPS) is 14.9. The van der Waals surface area contributed by atoms with Crippen LogP contribution < -0.4 is 5.32 Å². The number of fused-ring (bicyclic) bond motifs is 1. The van der Waals surface area contributed by atoms with Crippen molar-refractivity contribution in [2.75, 3.05) is 11.9 Å². The fourth-order valence-electron chi connectivity index (χ4n) is 3.79. The molecule has 0 aliphatic carbocycles. The highest BCUT2D eigenvalue weighted by Gasteiger charge is 2.29. The summed E-state index contributed by atoms with van der Waals surface area (Å²) in [7, 11) is 0. The third-order valence-corrected chi connectivity index (χ3v) is 5.38. The molecule has 3 rings (SSSR count). The Labute approximate surface area is 182 Å². The number of nitrogens with one attached hydrogen (secondary N) is 1. The molecule has 0 aromatic heterocycles. The molecule has 31 heavy (non-hydrogen) atoms. The van der Waals surface area contributed by atoms with Crippen LogP contribution in [0.1, 0.15) is 61.4 Å². The summed E-state index contributed by atoms with van der Waals surface area (Å²) in [5.41, 5.74) is 4.57. The number of hydrogen-bond donors (Lipinski definition) is 1. The molecule has 0 bridgehead atoms. The van der Waals surface area contributed by atoms with Crippen molar-refractivity contribution in [1.29, 1.82) is 0 Å². The second-order valence-electron chi connectivity index (χ2n) is 7.99. The zero-order valence-corrected chi connectivity index (χ0v) is 18.3. The molecule has 1 aliphatic rings. The van der Waals surface area contributed by atoms with E-state index < -0.39 is 17.9 Å². The van der Waals surface area contributed by atoms with E-state index in [4.69, 9.17) is 4.74 Å². The van der Waals surface area contributed by atoms with Crippen molar-refractivity contribution >= 4 is 29.5 Å². The predicted molar refractivity (Wildman–Crippen MR) is 120 cm³/mol. The number of esters is 1. The molecule has 162 valence electrons. The van der Waals surface area contributed by atoms with Gasteiger partial charge in [0.25, 0.3) is 5.91 Å². The Bertz CT molecular complexity index is 1030. The van der Waals surface area contributed by atoms with E-state index in [2.05, 4.69) is 19.2 Å². The molecule has 0 fully saturated rings. The lowest BCUT2D eigenvalue weighted by Crippen LogP contribution is -2.33. The minimum Gasteiger partial charge on any atom is -0.455 e. The van der Waals surface area contributed by atoms with E-state index in [0.29, 0.717) is 0 Å². The predicted octanol–water partition coefficient (Wildman–Crippen LogP) is 4.56. The topological polar surface area (TPSA) is 75.7 Å². The van der Waals surface area contributed by atoms with Crippen molar-refractivity contribution in [3.63, 3.8) is 0 Å². The minimum atomic E-state index is -0.537. The molecule has 2 aromatic rings. The molecule has 2 amide bonds. The fourth-order valence-corrected chi connectivity index (χ4v) is 3.79. The van der Waals surface area contributed by atoms with E-state index >= 15 is 0 Å². The number of para-hydroxylation sites is 1. The first-order chi connectivity index (χ1) is 14.8. The molecule has 6 nitrogen and oxygen atoms in total. The lowest BCUT2D eigenvalue weighted by molar-refractivity contribution is -0.149. The van der Waals surface area contributed by atoms with E-state index in [1.807, 2.05) is 55.5 Å². The van der Waals surface area contributed by atoms with Crippen molar-refractivity contribution in [2.45, 2.75) is 46.1 Å². The third kappa shape index (κ3) is 5.20. The first kappa shape index (κ1) is 22.3. The number of carbonyl (C=O) groups is 3. The van der Waals surface area contributed by atoms with Crippen molar-refractivity contribution in [3.8, 4) is 0 Å². The van der Waals surface area contributed by atoms with Crippen molar-refractivity contribution in [1.82, 2.24) is 4.90 Å². The van der Waals surface area contributed by atoms with Crippen LogP contribution in [0, 0.1) is 6.92 Å². The molecule has 0 radical (unpaired) electrons. The smallest absolute Gasteiger partial charge is 0.308 e. The molecule has 1 aliphatic heterocycles. The second-order valence-corrected chi connectivity index (χ2v) is 7.99. The highest BCUT2D eigenvalue weighted by molar-refractivity contribution is 5.94. The largest absolute Gasteiger partial charge is 0.455 e. The van der Waals surface area contributed by atoms with Gasteiger partial charge in [-0.1, -0.05) is 56.3 Å². The van der Waals surface area contributed by atoms with Gasteiger partial charge in [-0.2, -0.15) is 0 Å². The van der Waals surface area contributed by atoms with Crippen LogP contribution in [-0.2, 0) is 19.1 Å². The molecule has 1 atom stereocenters. The van der Waals surface area contributed by atoms with Crippen LogP contribution in [0.5, 0.6) is 0 Å². The summed E-state index contributed by atoms with van der Waals surface area (Å²) < 4.78 is 5.25. The van der Waals surface area contributed by atoms with Crippen LogP contribution in [-0.4, -0.2) is 29.3 Å². The monoisotopic (exact) mass is 420 g/mol. The summed E-state index contributed by atoms with van der Waals surface area (Å²) in [5.74, 6) is -0.848. The van der Waals surface area contributed by atoms with Gasteiger partial charge in [0.15, 0.2) is 6.61 Å². The van der Waals surface area contributed by atoms with Crippen molar-refractivity contribution in [2.24, 2.45) is 0 Å². The van der Waals surface area contributed by atoms with Gasteiger partial charge in [-0.15, -0.1) is 0 Å². The van der Waals surface area contributed by atoms with Gasteiger partial charge in [-0.25, -0.2) is 0 Å². The molecule has 0 spiro atoms. The Morgan fingerprint density at radius 2 is 1.84 bits per heavy atom. The van der Waals surface area contributed by atoms with Gasteiger partial charge in [0, 0.05) is 18.8 Å². The van der Waals surface area contributed by atoms with E-state index in [-0.39, 0.29) is 24.9 Å². The van der Waals surface area contributed by atoms with Crippen LogP contribution in [0.25, 0.3) is 6.08 Å². The highest BCUT2D eigenvalue weighted by Crippen LogP contribution is 2.33. The average molecular weight is 421 g/mol. The number of nitrogens with zero attached hydrogens (tertiary/aromatic N) is 1. The fraction of sp³-hybridized carbons (Fsp3) is 0.320. The van der Waals surface area contributed by atoms with Gasteiger partial charge in [0.05, 0.1) is 12.5 Å². The van der Waals surface area contributed by atoms with Crippen LogP contribution in [0.3, 0.4) is 0 Å². The first-order valence-electron chi connectivity index (χ1n) is 10.4. The summed E-state index contributed by atoms with van der Waals surface area (Å²) in [4.78, 5) is 38.5. The zero-order valence-electron chi connectivity index (χ0n) is 18.3. The number of carbonyl (C=O) groups excluding carboxylic acids is 3. The van der Waals surface area contributed by atoms with Crippen LogP contribution in [0.15, 0.2) is 48.7 Å². The van der Waals surface area contributed by atoms with E-state index in [0.717, 1.165) is 27.9 Å². The lowest BCUT2D eigenvalue weighted by atomic mass is 9.94. The molecule has 6 heteroatoms. The van der Waals surface area contributed by atoms with Crippen LogP contribution in [0.2, 0.25) is 0 Å². The molecular formula is C25H28N2O4. The Balaban J connectivity index is 1.64. The number of aryl methyl sites for hydroxylation is 1. The Morgan fingerprint density at radius 3 is 2.55 bits per heavy atom. The quantitative estimate of drug-likeness (QED) is 0.695. The summed E-state index contributed by atoms with van der Waals surface area (Å²) in [6.07, 6.45) is 3.50. The Morgan fingerprint density at radius 1 is 1.10 bits per heavy atom. The van der Waals surface area contributed by atoms with Crippen molar-refractivity contribution in [3.05, 3.63) is 70.9 Å². The van der Waals surface area contributed by atoms with Gasteiger partial charge >= 0.3 is 5.97 Å². The van der Waals surface area contributed by atoms with Gasteiger partial charge in [-0.05, 0) is 41.2 Å². The molecule has 0 saturated carbocycles. The first-order valence-corrected chi connectivity index (χ1v) is 10.4. The maximum Gasteiger partial charge on any atom is 0.308 e. The number of anilines is 1. The second kappa shape index (κ2) is 9.60. The van der Waals surface area contributed by atoms with Gasteiger partial charge in [0.2, 0.25) is 5.91 Å². The van der Waals surface area contributed by atoms with Crippen LogP contribution in [0.4, 0.5) is 5.69 Å². The average Bonchev–Trinajstić information content (AvgIpc) is 2.73. The van der Waals surface area contributed by atoms with Gasteiger partial charge in [0.1, 0.15) is 0 Å². The van der Waals surface area contributed by atoms with Crippen LogP contribution >= 0.6 is 0 Å². The van der Waals surface area contributed by atoms with Crippen molar-refractivity contribution < 1.29 is 19.1 Å². The maximum absolute atomic E-state index is 12.5.